The molecule has 1 heterocycles. The van der Waals surface area contributed by atoms with E-state index < -0.39 is 10.0 Å². The molecule has 0 saturated carbocycles. The van der Waals surface area contributed by atoms with Crippen LogP contribution in [0.2, 0.25) is 0 Å². The van der Waals surface area contributed by atoms with Gasteiger partial charge in [-0.25, -0.2) is 13.1 Å². The molecule has 0 aliphatic carbocycles. The molecule has 23 heavy (non-hydrogen) atoms. The summed E-state index contributed by atoms with van der Waals surface area (Å²) in [5, 5.41) is 3.31. The Morgan fingerprint density at radius 3 is 2.30 bits per heavy atom. The number of nitrogens with zero attached hydrogens (tertiary/aromatic N) is 1. The summed E-state index contributed by atoms with van der Waals surface area (Å²) in [6.07, 6.45) is 0.833. The first kappa shape index (κ1) is 18.4. The van der Waals surface area contributed by atoms with Gasteiger partial charge in [0.15, 0.2) is 0 Å². The van der Waals surface area contributed by atoms with Gasteiger partial charge < -0.3 is 10.2 Å². The van der Waals surface area contributed by atoms with Crippen LogP contribution in [0.4, 0.5) is 0 Å². The van der Waals surface area contributed by atoms with Crippen molar-refractivity contribution in [3.63, 3.8) is 0 Å². The van der Waals surface area contributed by atoms with E-state index in [2.05, 4.69) is 35.7 Å². The number of benzene rings is 1. The summed E-state index contributed by atoms with van der Waals surface area (Å²) >= 11 is 0. The van der Waals surface area contributed by atoms with Crippen molar-refractivity contribution >= 4 is 10.0 Å². The molecule has 1 fully saturated rings. The van der Waals surface area contributed by atoms with Crippen molar-refractivity contribution < 1.29 is 8.42 Å². The Morgan fingerprint density at radius 2 is 1.74 bits per heavy atom. The quantitative estimate of drug-likeness (QED) is 0.772. The predicted octanol–water partition coefficient (Wildman–Crippen LogP) is 1.56. The summed E-state index contributed by atoms with van der Waals surface area (Å²) in [5.41, 5.74) is 1.16. The van der Waals surface area contributed by atoms with Gasteiger partial charge in [0.2, 0.25) is 10.0 Å². The van der Waals surface area contributed by atoms with Crippen LogP contribution in [0.5, 0.6) is 0 Å². The molecule has 0 radical (unpaired) electrons. The molecule has 6 heteroatoms. The molecule has 1 aromatic carbocycles. The smallest absolute Gasteiger partial charge is 0.240 e. The molecule has 0 aromatic heterocycles. The third-order valence-electron chi connectivity index (χ3n) is 4.18. The average Bonchev–Trinajstić information content (AvgIpc) is 2.52. The number of piperazine rings is 1. The van der Waals surface area contributed by atoms with E-state index in [9.17, 15) is 8.42 Å². The van der Waals surface area contributed by atoms with E-state index in [0.29, 0.717) is 11.4 Å². The van der Waals surface area contributed by atoms with E-state index in [1.54, 1.807) is 12.1 Å². The lowest BCUT2D eigenvalue weighted by Crippen LogP contribution is -2.44. The summed E-state index contributed by atoms with van der Waals surface area (Å²) in [6.45, 7) is 11.9. The van der Waals surface area contributed by atoms with E-state index >= 15 is 0 Å². The number of hydrogen-bond acceptors (Lipinski definition) is 4. The van der Waals surface area contributed by atoms with Gasteiger partial charge in [-0.3, -0.25) is 0 Å². The molecule has 1 aliphatic heterocycles. The van der Waals surface area contributed by atoms with E-state index in [0.717, 1.165) is 44.7 Å². The fourth-order valence-corrected chi connectivity index (χ4v) is 3.74. The van der Waals surface area contributed by atoms with Crippen LogP contribution >= 0.6 is 0 Å². The first-order valence-corrected chi connectivity index (χ1v) is 9.81. The highest BCUT2D eigenvalue weighted by molar-refractivity contribution is 7.89. The Hall–Kier alpha value is -0.950. The second-order valence-corrected chi connectivity index (χ2v) is 8.88. The maximum atomic E-state index is 12.3. The van der Waals surface area contributed by atoms with Crippen LogP contribution in [0.3, 0.4) is 0 Å². The van der Waals surface area contributed by atoms with Gasteiger partial charge in [-0.2, -0.15) is 0 Å². The molecular formula is C17H29N3O2S. The Kier molecular flexibility index (Phi) is 6.19. The lowest BCUT2D eigenvalue weighted by molar-refractivity contribution is 0.239. The lowest BCUT2D eigenvalue weighted by atomic mass is 9.87. The summed E-state index contributed by atoms with van der Waals surface area (Å²) in [5.74, 6) is 0. The van der Waals surface area contributed by atoms with Crippen molar-refractivity contribution in [1.82, 2.24) is 14.9 Å². The topological polar surface area (TPSA) is 61.4 Å². The number of nitrogens with one attached hydrogen (secondary N) is 2. The van der Waals surface area contributed by atoms with Gasteiger partial charge in [0.05, 0.1) is 4.90 Å². The second-order valence-electron chi connectivity index (χ2n) is 7.12. The minimum absolute atomic E-state index is 0.0268. The molecule has 0 unspecified atom stereocenters. The van der Waals surface area contributed by atoms with Crippen molar-refractivity contribution in [3.05, 3.63) is 29.8 Å². The molecule has 0 bridgehead atoms. The molecule has 2 N–H and O–H groups in total. The first-order valence-electron chi connectivity index (χ1n) is 8.32. The molecule has 130 valence electrons. The maximum absolute atomic E-state index is 12.3. The Labute approximate surface area is 140 Å². The molecule has 1 saturated heterocycles. The zero-order chi connectivity index (χ0) is 16.9. The molecule has 0 spiro atoms. The van der Waals surface area contributed by atoms with Crippen LogP contribution in [0.15, 0.2) is 29.2 Å². The molecule has 2 rings (SSSR count). The number of hydrogen-bond donors (Lipinski definition) is 2. The van der Waals surface area contributed by atoms with E-state index in [1.165, 1.54) is 0 Å². The Morgan fingerprint density at radius 1 is 1.13 bits per heavy atom. The molecular weight excluding hydrogens is 310 g/mol. The highest BCUT2D eigenvalue weighted by atomic mass is 32.2. The minimum Gasteiger partial charge on any atom is -0.314 e. The SMILES string of the molecule is CC(C)(C)c1ccc(S(=O)(=O)NCCCN2CCNCC2)cc1. The highest BCUT2D eigenvalue weighted by Crippen LogP contribution is 2.23. The maximum Gasteiger partial charge on any atom is 0.240 e. The van der Waals surface area contributed by atoms with Crippen molar-refractivity contribution in [1.29, 1.82) is 0 Å². The van der Waals surface area contributed by atoms with Gasteiger partial charge in [-0.05, 0) is 36.1 Å². The summed E-state index contributed by atoms with van der Waals surface area (Å²) in [7, 11) is -3.41. The van der Waals surface area contributed by atoms with Gasteiger partial charge >= 0.3 is 0 Å². The second kappa shape index (κ2) is 7.75. The molecule has 1 aromatic rings. The van der Waals surface area contributed by atoms with Crippen molar-refractivity contribution in [2.75, 3.05) is 39.3 Å². The fraction of sp³-hybridized carbons (Fsp3) is 0.647. The van der Waals surface area contributed by atoms with Crippen molar-refractivity contribution in [2.45, 2.75) is 37.5 Å². The molecule has 1 aliphatic rings. The standard InChI is InChI=1S/C17H29N3O2S/c1-17(2,3)15-5-7-16(8-6-15)23(21,22)19-9-4-12-20-13-10-18-11-14-20/h5-8,18-19H,4,9-14H2,1-3H3. The monoisotopic (exact) mass is 339 g/mol. The summed E-state index contributed by atoms with van der Waals surface area (Å²) < 4.78 is 27.3. The van der Waals surface area contributed by atoms with Gasteiger partial charge in [-0.1, -0.05) is 32.9 Å². The largest absolute Gasteiger partial charge is 0.314 e. The summed E-state index contributed by atoms with van der Waals surface area (Å²) in [4.78, 5) is 2.70. The van der Waals surface area contributed by atoms with Crippen LogP contribution in [-0.2, 0) is 15.4 Å². The number of sulfonamides is 1. The highest BCUT2D eigenvalue weighted by Gasteiger charge is 2.17. The lowest BCUT2D eigenvalue weighted by Gasteiger charge is -2.27. The fourth-order valence-electron chi connectivity index (χ4n) is 2.66. The van der Waals surface area contributed by atoms with Crippen LogP contribution in [0.1, 0.15) is 32.8 Å². The third kappa shape index (κ3) is 5.57. The Bertz CT molecular complexity index is 585. The van der Waals surface area contributed by atoms with Crippen LogP contribution < -0.4 is 10.0 Å². The van der Waals surface area contributed by atoms with Gasteiger partial charge in [0, 0.05) is 32.7 Å². The molecule has 5 nitrogen and oxygen atoms in total. The predicted molar refractivity (Wildman–Crippen MR) is 94.3 cm³/mol. The van der Waals surface area contributed by atoms with E-state index in [4.69, 9.17) is 0 Å². The van der Waals surface area contributed by atoms with Crippen LogP contribution in [0.25, 0.3) is 0 Å². The minimum atomic E-state index is -3.41. The van der Waals surface area contributed by atoms with Gasteiger partial charge in [0.25, 0.3) is 0 Å². The van der Waals surface area contributed by atoms with Crippen LogP contribution in [-0.4, -0.2) is 52.6 Å². The summed E-state index contributed by atoms with van der Waals surface area (Å²) in [6, 6.07) is 7.18. The normalized spacial score (nSPS) is 17.3. The zero-order valence-corrected chi connectivity index (χ0v) is 15.2. The van der Waals surface area contributed by atoms with Crippen molar-refractivity contribution in [2.24, 2.45) is 0 Å². The van der Waals surface area contributed by atoms with Gasteiger partial charge in [0.1, 0.15) is 0 Å². The molecule has 0 atom stereocenters. The van der Waals surface area contributed by atoms with Crippen molar-refractivity contribution in [3.8, 4) is 0 Å². The molecule has 0 amide bonds. The van der Waals surface area contributed by atoms with Crippen LogP contribution in [0, 0.1) is 0 Å². The first-order chi connectivity index (χ1) is 10.8. The third-order valence-corrected chi connectivity index (χ3v) is 5.66. The number of rotatable bonds is 6. The average molecular weight is 340 g/mol. The van der Waals surface area contributed by atoms with Gasteiger partial charge in [-0.15, -0.1) is 0 Å². The van der Waals surface area contributed by atoms with E-state index in [1.807, 2.05) is 12.1 Å². The zero-order valence-electron chi connectivity index (χ0n) is 14.4. The van der Waals surface area contributed by atoms with E-state index in [-0.39, 0.29) is 5.41 Å². The Balaban J connectivity index is 1.83.